The lowest BCUT2D eigenvalue weighted by Gasteiger charge is -2.07. The molecule has 2 rings (SSSR count). The van der Waals surface area contributed by atoms with Crippen LogP contribution in [0.3, 0.4) is 0 Å². The quantitative estimate of drug-likeness (QED) is 0.670. The van der Waals surface area contributed by atoms with Crippen LogP contribution >= 0.6 is 11.6 Å². The van der Waals surface area contributed by atoms with Gasteiger partial charge in [-0.25, -0.2) is 0 Å². The zero-order valence-electron chi connectivity index (χ0n) is 8.91. The molecule has 0 spiro atoms. The van der Waals surface area contributed by atoms with E-state index in [0.29, 0.717) is 0 Å². The van der Waals surface area contributed by atoms with Crippen LogP contribution < -0.4 is 0 Å². The predicted molar refractivity (Wildman–Crippen MR) is 67.6 cm³/mol. The minimum atomic E-state index is 0.254. The number of hydrogen-bond acceptors (Lipinski definition) is 0. The zero-order chi connectivity index (χ0) is 10.7. The summed E-state index contributed by atoms with van der Waals surface area (Å²) in [4.78, 5) is 0. The van der Waals surface area contributed by atoms with Gasteiger partial charge in [0.1, 0.15) is 0 Å². The van der Waals surface area contributed by atoms with Gasteiger partial charge in [-0.3, -0.25) is 0 Å². The van der Waals surface area contributed by atoms with Crippen molar-refractivity contribution in [1.82, 2.24) is 0 Å². The lowest BCUT2D eigenvalue weighted by molar-refractivity contribution is 0.807. The van der Waals surface area contributed by atoms with Gasteiger partial charge in [0.25, 0.3) is 0 Å². The first-order valence-electron chi connectivity index (χ1n) is 5.38. The molecule has 2 aromatic carbocycles. The Kier molecular flexibility index (Phi) is 3.27. The normalized spacial score (nSPS) is 12.9. The van der Waals surface area contributed by atoms with Gasteiger partial charge in [0, 0.05) is 5.38 Å². The lowest BCUT2D eigenvalue weighted by Crippen LogP contribution is -1.95. The summed E-state index contributed by atoms with van der Waals surface area (Å²) in [6, 6.07) is 15.0. The van der Waals surface area contributed by atoms with Gasteiger partial charge in [-0.05, 0) is 36.1 Å². The average molecular weight is 219 g/mol. The molecule has 0 amide bonds. The maximum absolute atomic E-state index is 5.98. The van der Waals surface area contributed by atoms with E-state index in [-0.39, 0.29) is 5.38 Å². The van der Waals surface area contributed by atoms with Crippen LogP contribution in [0.5, 0.6) is 0 Å². The van der Waals surface area contributed by atoms with Gasteiger partial charge in [-0.15, -0.1) is 11.6 Å². The van der Waals surface area contributed by atoms with Crippen LogP contribution in [-0.4, -0.2) is 5.38 Å². The molecule has 0 aromatic heterocycles. The molecule has 78 valence electrons. The number of hydrogen-bond donors (Lipinski definition) is 0. The number of halogens is 1. The molecule has 1 atom stereocenters. The Balaban J connectivity index is 2.34. The molecule has 1 unspecified atom stereocenters. The van der Waals surface area contributed by atoms with Gasteiger partial charge in [0.15, 0.2) is 0 Å². The minimum Gasteiger partial charge on any atom is -0.123 e. The summed E-state index contributed by atoms with van der Waals surface area (Å²) in [5.41, 5.74) is 1.40. The molecule has 0 nitrogen and oxygen atoms in total. The number of aryl methyl sites for hydroxylation is 1. The summed E-state index contributed by atoms with van der Waals surface area (Å²) in [5, 5.41) is 2.93. The second kappa shape index (κ2) is 4.67. The molecule has 0 fully saturated rings. The number of benzene rings is 2. The fourth-order valence-corrected chi connectivity index (χ4v) is 1.97. The molecular weight excluding hydrogens is 204 g/mol. The van der Waals surface area contributed by atoms with Crippen LogP contribution in [0.2, 0.25) is 0 Å². The van der Waals surface area contributed by atoms with Crippen molar-refractivity contribution in [2.24, 2.45) is 0 Å². The van der Waals surface area contributed by atoms with Crippen LogP contribution in [0.1, 0.15) is 18.9 Å². The second-order valence-electron chi connectivity index (χ2n) is 3.96. The predicted octanol–water partition coefficient (Wildman–Crippen LogP) is 4.40. The van der Waals surface area contributed by atoms with Crippen molar-refractivity contribution in [2.75, 3.05) is 0 Å². The summed E-state index contributed by atoms with van der Waals surface area (Å²) in [5.74, 6) is 0. The fourth-order valence-electron chi connectivity index (χ4n) is 1.86. The second-order valence-corrected chi connectivity index (χ2v) is 4.70. The monoisotopic (exact) mass is 218 g/mol. The first-order chi connectivity index (χ1) is 7.27. The Bertz CT molecular complexity index is 441. The van der Waals surface area contributed by atoms with E-state index in [1.54, 1.807) is 0 Å². The van der Waals surface area contributed by atoms with E-state index < -0.39 is 0 Å². The van der Waals surface area contributed by atoms with E-state index in [4.69, 9.17) is 11.6 Å². The van der Waals surface area contributed by atoms with Crippen molar-refractivity contribution < 1.29 is 0 Å². The van der Waals surface area contributed by atoms with E-state index >= 15 is 0 Å². The van der Waals surface area contributed by atoms with Crippen molar-refractivity contribution in [1.29, 1.82) is 0 Å². The third kappa shape index (κ3) is 2.51. The van der Waals surface area contributed by atoms with Crippen LogP contribution in [0.4, 0.5) is 0 Å². The van der Waals surface area contributed by atoms with Crippen LogP contribution in [-0.2, 0) is 6.42 Å². The lowest BCUT2D eigenvalue weighted by atomic mass is 10.0. The highest BCUT2D eigenvalue weighted by atomic mass is 35.5. The highest BCUT2D eigenvalue weighted by Gasteiger charge is 2.02. The summed E-state index contributed by atoms with van der Waals surface area (Å²) >= 11 is 5.98. The molecular formula is C14H15Cl. The van der Waals surface area contributed by atoms with E-state index in [9.17, 15) is 0 Å². The van der Waals surface area contributed by atoms with E-state index in [1.165, 1.54) is 16.3 Å². The van der Waals surface area contributed by atoms with Gasteiger partial charge in [0.05, 0.1) is 0 Å². The maximum Gasteiger partial charge on any atom is 0.0311 e. The standard InChI is InChI=1S/C14H15Cl/c1-11(15)9-10-13-7-4-6-12-5-2-3-8-14(12)13/h2-8,11H,9-10H2,1H3. The molecule has 1 heteroatoms. The Labute approximate surface area is 95.9 Å². The van der Waals surface area contributed by atoms with Crippen molar-refractivity contribution in [2.45, 2.75) is 25.1 Å². The van der Waals surface area contributed by atoms with E-state index in [0.717, 1.165) is 12.8 Å². The Morgan fingerprint density at radius 2 is 1.80 bits per heavy atom. The summed E-state index contributed by atoms with van der Waals surface area (Å²) < 4.78 is 0. The van der Waals surface area contributed by atoms with Crippen molar-refractivity contribution in [3.8, 4) is 0 Å². The van der Waals surface area contributed by atoms with Crippen molar-refractivity contribution >= 4 is 22.4 Å². The minimum absolute atomic E-state index is 0.254. The number of alkyl halides is 1. The Hall–Kier alpha value is -1.01. The maximum atomic E-state index is 5.98. The third-order valence-electron chi connectivity index (χ3n) is 2.69. The van der Waals surface area contributed by atoms with E-state index in [1.807, 2.05) is 6.92 Å². The molecule has 15 heavy (non-hydrogen) atoms. The van der Waals surface area contributed by atoms with E-state index in [2.05, 4.69) is 42.5 Å². The van der Waals surface area contributed by atoms with Gasteiger partial charge >= 0.3 is 0 Å². The molecule has 0 radical (unpaired) electrons. The smallest absolute Gasteiger partial charge is 0.0311 e. The van der Waals surface area contributed by atoms with Crippen LogP contribution in [0.25, 0.3) is 10.8 Å². The summed E-state index contributed by atoms with van der Waals surface area (Å²) in [6.45, 7) is 2.05. The first kappa shape index (κ1) is 10.5. The topological polar surface area (TPSA) is 0 Å². The molecule has 0 aliphatic carbocycles. The highest BCUT2D eigenvalue weighted by Crippen LogP contribution is 2.20. The summed E-state index contributed by atoms with van der Waals surface area (Å²) in [6.07, 6.45) is 2.10. The summed E-state index contributed by atoms with van der Waals surface area (Å²) in [7, 11) is 0. The number of rotatable bonds is 3. The number of fused-ring (bicyclic) bond motifs is 1. The molecule has 0 saturated heterocycles. The molecule has 0 aliphatic heterocycles. The van der Waals surface area contributed by atoms with Gasteiger partial charge in [-0.1, -0.05) is 42.5 Å². The third-order valence-corrected chi connectivity index (χ3v) is 2.91. The largest absolute Gasteiger partial charge is 0.123 e. The van der Waals surface area contributed by atoms with Crippen molar-refractivity contribution in [3.63, 3.8) is 0 Å². The van der Waals surface area contributed by atoms with Crippen LogP contribution in [0.15, 0.2) is 42.5 Å². The highest BCUT2D eigenvalue weighted by molar-refractivity contribution is 6.20. The SMILES string of the molecule is CC(Cl)CCc1cccc2ccccc12. The molecule has 0 N–H and O–H groups in total. The van der Waals surface area contributed by atoms with Crippen molar-refractivity contribution in [3.05, 3.63) is 48.0 Å². The van der Waals surface area contributed by atoms with Gasteiger partial charge in [0.2, 0.25) is 0 Å². The molecule has 0 saturated carbocycles. The molecule has 0 aliphatic rings. The Morgan fingerprint density at radius 1 is 1.07 bits per heavy atom. The Morgan fingerprint density at radius 3 is 2.60 bits per heavy atom. The molecule has 0 bridgehead atoms. The van der Waals surface area contributed by atoms with Gasteiger partial charge in [-0.2, -0.15) is 0 Å². The zero-order valence-corrected chi connectivity index (χ0v) is 9.67. The molecule has 2 aromatic rings. The fraction of sp³-hybridized carbons (Fsp3) is 0.286. The average Bonchev–Trinajstić information content (AvgIpc) is 2.26. The molecule has 0 heterocycles. The van der Waals surface area contributed by atoms with Crippen LogP contribution in [0, 0.1) is 0 Å². The first-order valence-corrected chi connectivity index (χ1v) is 5.82. The van der Waals surface area contributed by atoms with Gasteiger partial charge < -0.3 is 0 Å².